The number of hydrogen-bond donors (Lipinski definition) is 3. The fourth-order valence-corrected chi connectivity index (χ4v) is 2.17. The first-order valence-electron chi connectivity index (χ1n) is 6.56. The Bertz CT molecular complexity index is 272. The summed E-state index contributed by atoms with van der Waals surface area (Å²) in [4.78, 5) is 22.2. The number of amides is 1. The van der Waals surface area contributed by atoms with Gasteiger partial charge >= 0.3 is 5.97 Å². The van der Waals surface area contributed by atoms with Crippen molar-refractivity contribution < 1.29 is 19.8 Å². The van der Waals surface area contributed by atoms with Gasteiger partial charge in [-0.3, -0.25) is 9.59 Å². The minimum atomic E-state index is -0.962. The van der Waals surface area contributed by atoms with Crippen LogP contribution in [0.25, 0.3) is 0 Å². The van der Waals surface area contributed by atoms with E-state index in [9.17, 15) is 14.7 Å². The predicted octanol–water partition coefficient (Wildman–Crippen LogP) is 1.69. The summed E-state index contributed by atoms with van der Waals surface area (Å²) in [6.45, 7) is 5.57. The molecule has 0 saturated heterocycles. The van der Waals surface area contributed by atoms with Crippen LogP contribution in [-0.2, 0) is 9.59 Å². The van der Waals surface area contributed by atoms with E-state index < -0.39 is 17.6 Å². The van der Waals surface area contributed by atoms with Crippen molar-refractivity contribution in [1.82, 2.24) is 5.32 Å². The second-order valence-electron chi connectivity index (χ2n) is 4.97. The molecule has 0 bridgehead atoms. The molecule has 0 aliphatic heterocycles. The Morgan fingerprint density at radius 3 is 2.11 bits per heavy atom. The fourth-order valence-electron chi connectivity index (χ4n) is 2.17. The maximum absolute atomic E-state index is 11.7. The molecule has 0 aliphatic carbocycles. The molecule has 1 atom stereocenters. The molecule has 0 spiro atoms. The van der Waals surface area contributed by atoms with Crippen molar-refractivity contribution in [3.8, 4) is 0 Å². The summed E-state index contributed by atoms with van der Waals surface area (Å²) < 4.78 is 0. The molecule has 0 aromatic rings. The topological polar surface area (TPSA) is 86.6 Å². The minimum Gasteiger partial charge on any atom is -0.481 e. The van der Waals surface area contributed by atoms with Gasteiger partial charge in [-0.05, 0) is 19.8 Å². The highest BCUT2D eigenvalue weighted by molar-refractivity contribution is 5.78. The summed E-state index contributed by atoms with van der Waals surface area (Å²) in [7, 11) is 0. The van der Waals surface area contributed by atoms with E-state index in [1.165, 1.54) is 0 Å². The molecule has 1 unspecified atom stereocenters. The molecule has 0 aromatic heterocycles. The number of carboxylic acids is 1. The number of aliphatic carboxylic acids is 1. The van der Waals surface area contributed by atoms with Gasteiger partial charge in [0.2, 0.25) is 5.91 Å². The van der Waals surface area contributed by atoms with Crippen LogP contribution in [0.1, 0.15) is 59.3 Å². The standard InChI is InChI=1S/C13H25NO4/c1-4-6-13(18,7-5-2)9-11(15)14-10(3)8-12(16)17/h10,18H,4-9H2,1-3H3,(H,14,15)(H,16,17). The maximum atomic E-state index is 11.7. The average Bonchev–Trinajstić information content (AvgIpc) is 2.14. The molecular weight excluding hydrogens is 234 g/mol. The minimum absolute atomic E-state index is 0.0403. The average molecular weight is 259 g/mol. The van der Waals surface area contributed by atoms with Crippen molar-refractivity contribution in [2.24, 2.45) is 0 Å². The highest BCUT2D eigenvalue weighted by Gasteiger charge is 2.28. The monoisotopic (exact) mass is 259 g/mol. The van der Waals surface area contributed by atoms with Gasteiger partial charge in [0.05, 0.1) is 18.4 Å². The van der Waals surface area contributed by atoms with Crippen molar-refractivity contribution in [3.63, 3.8) is 0 Å². The number of aliphatic hydroxyl groups is 1. The Balaban J connectivity index is 4.29. The van der Waals surface area contributed by atoms with E-state index in [0.717, 1.165) is 12.8 Å². The fraction of sp³-hybridized carbons (Fsp3) is 0.846. The van der Waals surface area contributed by atoms with E-state index in [-0.39, 0.29) is 18.7 Å². The highest BCUT2D eigenvalue weighted by Crippen LogP contribution is 2.23. The van der Waals surface area contributed by atoms with E-state index in [0.29, 0.717) is 12.8 Å². The molecule has 5 heteroatoms. The second kappa shape index (κ2) is 8.08. The van der Waals surface area contributed by atoms with Crippen LogP contribution in [0.2, 0.25) is 0 Å². The van der Waals surface area contributed by atoms with Crippen LogP contribution in [0.5, 0.6) is 0 Å². The Morgan fingerprint density at radius 1 is 1.22 bits per heavy atom. The molecule has 0 aliphatic rings. The van der Waals surface area contributed by atoms with Gasteiger partial charge in [-0.25, -0.2) is 0 Å². The SMILES string of the molecule is CCCC(O)(CCC)CC(=O)NC(C)CC(=O)O. The van der Waals surface area contributed by atoms with Gasteiger partial charge in [0.15, 0.2) is 0 Å². The number of hydrogen-bond acceptors (Lipinski definition) is 3. The summed E-state index contributed by atoms with van der Waals surface area (Å²) in [5, 5.41) is 21.5. The zero-order chi connectivity index (χ0) is 14.2. The smallest absolute Gasteiger partial charge is 0.305 e. The lowest BCUT2D eigenvalue weighted by Crippen LogP contribution is -2.40. The molecule has 0 fully saturated rings. The van der Waals surface area contributed by atoms with Crippen molar-refractivity contribution >= 4 is 11.9 Å². The van der Waals surface area contributed by atoms with Crippen LogP contribution >= 0.6 is 0 Å². The number of rotatable bonds is 9. The number of carboxylic acid groups (broad SMARTS) is 1. The first-order chi connectivity index (χ1) is 8.33. The summed E-state index contributed by atoms with van der Waals surface area (Å²) in [5.74, 6) is -1.23. The van der Waals surface area contributed by atoms with Crippen molar-refractivity contribution in [3.05, 3.63) is 0 Å². The Kier molecular flexibility index (Phi) is 7.59. The van der Waals surface area contributed by atoms with E-state index in [4.69, 9.17) is 5.11 Å². The quantitative estimate of drug-likeness (QED) is 0.588. The molecule has 5 nitrogen and oxygen atoms in total. The number of carbonyl (C=O) groups is 2. The lowest BCUT2D eigenvalue weighted by molar-refractivity contribution is -0.137. The van der Waals surface area contributed by atoms with Gasteiger partial charge in [0, 0.05) is 6.04 Å². The van der Waals surface area contributed by atoms with E-state index in [1.807, 2.05) is 13.8 Å². The van der Waals surface area contributed by atoms with Gasteiger partial charge in [-0.2, -0.15) is 0 Å². The second-order valence-corrected chi connectivity index (χ2v) is 4.97. The number of carbonyl (C=O) groups excluding carboxylic acids is 1. The zero-order valence-corrected chi connectivity index (χ0v) is 11.5. The normalized spacial score (nSPS) is 13.1. The Morgan fingerprint density at radius 2 is 1.72 bits per heavy atom. The first-order valence-corrected chi connectivity index (χ1v) is 6.56. The molecular formula is C13H25NO4. The van der Waals surface area contributed by atoms with Gasteiger partial charge in [-0.15, -0.1) is 0 Å². The first kappa shape index (κ1) is 16.9. The van der Waals surface area contributed by atoms with Crippen molar-refractivity contribution in [1.29, 1.82) is 0 Å². The maximum Gasteiger partial charge on any atom is 0.305 e. The lowest BCUT2D eigenvalue weighted by atomic mass is 9.89. The zero-order valence-electron chi connectivity index (χ0n) is 11.5. The van der Waals surface area contributed by atoms with Gasteiger partial charge < -0.3 is 15.5 Å². The van der Waals surface area contributed by atoms with Crippen LogP contribution in [0.3, 0.4) is 0 Å². The van der Waals surface area contributed by atoms with Gasteiger partial charge in [0.25, 0.3) is 0 Å². The highest BCUT2D eigenvalue weighted by atomic mass is 16.4. The molecule has 106 valence electrons. The Hall–Kier alpha value is -1.10. The summed E-state index contributed by atoms with van der Waals surface area (Å²) in [6.07, 6.45) is 2.73. The third-order valence-corrected chi connectivity index (χ3v) is 2.81. The largest absolute Gasteiger partial charge is 0.481 e. The third-order valence-electron chi connectivity index (χ3n) is 2.81. The van der Waals surface area contributed by atoms with Crippen LogP contribution in [-0.4, -0.2) is 33.7 Å². The molecule has 0 rings (SSSR count). The predicted molar refractivity (Wildman–Crippen MR) is 69.2 cm³/mol. The molecule has 1 amide bonds. The van der Waals surface area contributed by atoms with Crippen LogP contribution in [0.15, 0.2) is 0 Å². The molecule has 0 heterocycles. The summed E-state index contributed by atoms with van der Waals surface area (Å²) in [6, 6.07) is -0.414. The summed E-state index contributed by atoms with van der Waals surface area (Å²) in [5.41, 5.74) is -0.962. The van der Waals surface area contributed by atoms with Crippen LogP contribution < -0.4 is 5.32 Å². The van der Waals surface area contributed by atoms with E-state index in [1.54, 1.807) is 6.92 Å². The van der Waals surface area contributed by atoms with E-state index >= 15 is 0 Å². The molecule has 0 radical (unpaired) electrons. The molecule has 3 N–H and O–H groups in total. The van der Waals surface area contributed by atoms with Crippen molar-refractivity contribution in [2.75, 3.05) is 0 Å². The van der Waals surface area contributed by atoms with Crippen molar-refractivity contribution in [2.45, 2.75) is 70.9 Å². The summed E-state index contributed by atoms with van der Waals surface area (Å²) >= 11 is 0. The molecule has 0 aromatic carbocycles. The lowest BCUT2D eigenvalue weighted by Gasteiger charge is -2.27. The molecule has 18 heavy (non-hydrogen) atoms. The van der Waals surface area contributed by atoms with Crippen LogP contribution in [0.4, 0.5) is 0 Å². The third kappa shape index (κ3) is 7.27. The van der Waals surface area contributed by atoms with E-state index in [2.05, 4.69) is 5.32 Å². The van der Waals surface area contributed by atoms with Gasteiger partial charge in [0.1, 0.15) is 0 Å². The Labute approximate surface area is 109 Å². The number of nitrogens with one attached hydrogen (secondary N) is 1. The van der Waals surface area contributed by atoms with Gasteiger partial charge in [-0.1, -0.05) is 26.7 Å². The molecule has 0 saturated carbocycles. The van der Waals surface area contributed by atoms with Crippen LogP contribution in [0, 0.1) is 0 Å².